The predicted octanol–water partition coefficient (Wildman–Crippen LogP) is 4.83. The monoisotopic (exact) mass is 391 g/mol. The van der Waals surface area contributed by atoms with E-state index in [2.05, 4.69) is 20.3 Å². The molecule has 0 fully saturated rings. The van der Waals surface area contributed by atoms with E-state index in [1.54, 1.807) is 0 Å². The number of pyridine rings is 1. The van der Waals surface area contributed by atoms with Crippen LogP contribution >= 0.6 is 0 Å². The molecule has 0 bridgehead atoms. The number of imidazole rings is 1. The predicted molar refractivity (Wildman–Crippen MR) is 90.9 cm³/mol. The molecule has 3 heterocycles. The second-order valence-corrected chi connectivity index (χ2v) is 5.80. The average Bonchev–Trinajstić information content (AvgIpc) is 3.03. The van der Waals surface area contributed by atoms with Gasteiger partial charge in [0.05, 0.1) is 12.4 Å². The van der Waals surface area contributed by atoms with Gasteiger partial charge in [-0.2, -0.15) is 13.2 Å². The highest BCUT2D eigenvalue weighted by molar-refractivity contribution is 5.66. The van der Waals surface area contributed by atoms with Crippen LogP contribution in [0.25, 0.3) is 17.0 Å². The van der Waals surface area contributed by atoms with Crippen LogP contribution in [0.4, 0.5) is 33.5 Å². The van der Waals surface area contributed by atoms with Crippen molar-refractivity contribution in [3.63, 3.8) is 0 Å². The molecule has 0 aliphatic rings. The van der Waals surface area contributed by atoms with E-state index in [-0.39, 0.29) is 17.2 Å². The summed E-state index contributed by atoms with van der Waals surface area (Å²) in [5.41, 5.74) is -1.41. The number of hydrogen-bond donors (Lipinski definition) is 1. The highest BCUT2D eigenvalue weighted by Gasteiger charge is 2.39. The van der Waals surface area contributed by atoms with Crippen LogP contribution in [0.2, 0.25) is 0 Å². The van der Waals surface area contributed by atoms with Crippen molar-refractivity contribution in [3.05, 3.63) is 72.3 Å². The molecule has 142 valence electrons. The van der Waals surface area contributed by atoms with Gasteiger partial charge >= 0.3 is 6.18 Å². The minimum absolute atomic E-state index is 0.0811. The Balaban J connectivity index is 1.83. The van der Waals surface area contributed by atoms with Gasteiger partial charge in [-0.15, -0.1) is 0 Å². The lowest BCUT2D eigenvalue weighted by atomic mass is 10.2. The minimum Gasteiger partial charge on any atom is -0.339 e. The maximum absolute atomic E-state index is 13.6. The summed E-state index contributed by atoms with van der Waals surface area (Å²) in [5.74, 6) is -1.04. The van der Waals surface area contributed by atoms with Crippen LogP contribution < -0.4 is 5.32 Å². The first-order valence-electron chi connectivity index (χ1n) is 7.91. The Bertz CT molecular complexity index is 1150. The molecule has 3 aromatic heterocycles. The fourth-order valence-electron chi connectivity index (χ4n) is 2.68. The fourth-order valence-corrected chi connectivity index (χ4v) is 2.68. The second kappa shape index (κ2) is 6.55. The standard InChI is InChI=1S/C18H10F5N5/c19-10-1-4-12(5-2-10)25-14-8-24-7-13(26-14)16-17(18(21,22)23)27-15-6-3-11(20)9-28(15)16/h1-9H,(H,25,26). The summed E-state index contributed by atoms with van der Waals surface area (Å²) >= 11 is 0. The third-order valence-corrected chi connectivity index (χ3v) is 3.84. The van der Waals surface area contributed by atoms with Crippen LogP contribution in [0.3, 0.4) is 0 Å². The molecule has 4 rings (SSSR count). The third kappa shape index (κ3) is 3.36. The molecule has 0 spiro atoms. The van der Waals surface area contributed by atoms with Crippen LogP contribution in [0.1, 0.15) is 5.69 Å². The summed E-state index contributed by atoms with van der Waals surface area (Å²) in [6.07, 6.45) is -1.46. The molecular formula is C18H10F5N5. The maximum atomic E-state index is 13.6. The van der Waals surface area contributed by atoms with E-state index in [0.717, 1.165) is 28.9 Å². The van der Waals surface area contributed by atoms with Gasteiger partial charge in [0.25, 0.3) is 0 Å². The summed E-state index contributed by atoms with van der Waals surface area (Å²) < 4.78 is 68.1. The number of aromatic nitrogens is 4. The molecule has 0 atom stereocenters. The van der Waals surface area contributed by atoms with Crippen molar-refractivity contribution in [2.45, 2.75) is 6.18 Å². The molecule has 1 aromatic carbocycles. The summed E-state index contributed by atoms with van der Waals surface area (Å²) in [5, 5.41) is 2.83. The summed E-state index contributed by atoms with van der Waals surface area (Å²) in [4.78, 5) is 11.6. The van der Waals surface area contributed by atoms with Crippen molar-refractivity contribution in [1.29, 1.82) is 0 Å². The molecule has 0 amide bonds. The van der Waals surface area contributed by atoms with Crippen LogP contribution in [-0.4, -0.2) is 19.4 Å². The van der Waals surface area contributed by atoms with E-state index < -0.39 is 29.2 Å². The zero-order chi connectivity index (χ0) is 19.9. The summed E-state index contributed by atoms with van der Waals surface area (Å²) in [6.45, 7) is 0. The van der Waals surface area contributed by atoms with Crippen LogP contribution in [-0.2, 0) is 6.18 Å². The molecule has 10 heteroatoms. The minimum atomic E-state index is -4.78. The lowest BCUT2D eigenvalue weighted by Crippen LogP contribution is -2.09. The average molecular weight is 391 g/mol. The first-order valence-corrected chi connectivity index (χ1v) is 7.91. The van der Waals surface area contributed by atoms with Gasteiger partial charge in [-0.1, -0.05) is 0 Å². The number of nitrogens with one attached hydrogen (secondary N) is 1. The van der Waals surface area contributed by atoms with E-state index >= 15 is 0 Å². The number of hydrogen-bond acceptors (Lipinski definition) is 4. The van der Waals surface area contributed by atoms with E-state index in [0.29, 0.717) is 5.69 Å². The van der Waals surface area contributed by atoms with Crippen molar-refractivity contribution in [1.82, 2.24) is 19.4 Å². The van der Waals surface area contributed by atoms with Gasteiger partial charge in [0.1, 0.15) is 34.5 Å². The number of rotatable bonds is 3. The summed E-state index contributed by atoms with van der Waals surface area (Å²) in [6, 6.07) is 7.47. The van der Waals surface area contributed by atoms with Gasteiger partial charge in [-0.25, -0.2) is 18.7 Å². The Morgan fingerprint density at radius 2 is 1.57 bits per heavy atom. The molecule has 5 nitrogen and oxygen atoms in total. The lowest BCUT2D eigenvalue weighted by molar-refractivity contribution is -0.140. The van der Waals surface area contributed by atoms with Gasteiger partial charge in [0.2, 0.25) is 0 Å². The van der Waals surface area contributed by atoms with Gasteiger partial charge in [0.15, 0.2) is 5.69 Å². The molecule has 0 saturated carbocycles. The van der Waals surface area contributed by atoms with E-state index in [9.17, 15) is 22.0 Å². The maximum Gasteiger partial charge on any atom is 0.435 e. The quantitative estimate of drug-likeness (QED) is 0.508. The third-order valence-electron chi connectivity index (χ3n) is 3.84. The first-order chi connectivity index (χ1) is 13.3. The van der Waals surface area contributed by atoms with Gasteiger partial charge in [-0.3, -0.25) is 9.38 Å². The van der Waals surface area contributed by atoms with Crippen LogP contribution in [0.5, 0.6) is 0 Å². The van der Waals surface area contributed by atoms with Crippen molar-refractivity contribution < 1.29 is 22.0 Å². The molecule has 0 aliphatic heterocycles. The molecule has 0 unspecified atom stereocenters. The van der Waals surface area contributed by atoms with Crippen molar-refractivity contribution in [2.24, 2.45) is 0 Å². The highest BCUT2D eigenvalue weighted by Crippen LogP contribution is 2.36. The zero-order valence-corrected chi connectivity index (χ0v) is 13.9. The Hall–Kier alpha value is -3.56. The molecule has 1 N–H and O–H groups in total. The number of halogens is 5. The number of nitrogens with zero attached hydrogens (tertiary/aromatic N) is 4. The Kier molecular flexibility index (Phi) is 4.17. The zero-order valence-electron chi connectivity index (χ0n) is 13.9. The highest BCUT2D eigenvalue weighted by atomic mass is 19.4. The fraction of sp³-hybridized carbons (Fsp3) is 0.0556. The van der Waals surface area contributed by atoms with E-state index in [4.69, 9.17) is 0 Å². The number of alkyl halides is 3. The molecule has 28 heavy (non-hydrogen) atoms. The van der Waals surface area contributed by atoms with Crippen molar-refractivity contribution in [3.8, 4) is 11.4 Å². The first kappa shape index (κ1) is 17.8. The number of anilines is 2. The molecule has 0 radical (unpaired) electrons. The molecule has 4 aromatic rings. The number of fused-ring (bicyclic) bond motifs is 1. The largest absolute Gasteiger partial charge is 0.435 e. The van der Waals surface area contributed by atoms with E-state index in [1.165, 1.54) is 30.5 Å². The van der Waals surface area contributed by atoms with Crippen LogP contribution in [0.15, 0.2) is 55.0 Å². The van der Waals surface area contributed by atoms with Crippen molar-refractivity contribution >= 4 is 17.2 Å². The Labute approximate surface area is 154 Å². The van der Waals surface area contributed by atoms with Gasteiger partial charge in [0, 0.05) is 11.9 Å². The second-order valence-electron chi connectivity index (χ2n) is 5.80. The lowest BCUT2D eigenvalue weighted by Gasteiger charge is -2.10. The Morgan fingerprint density at radius 1 is 0.857 bits per heavy atom. The smallest absolute Gasteiger partial charge is 0.339 e. The molecular weight excluding hydrogens is 381 g/mol. The van der Waals surface area contributed by atoms with Crippen LogP contribution in [0, 0.1) is 11.6 Å². The topological polar surface area (TPSA) is 55.1 Å². The van der Waals surface area contributed by atoms with Gasteiger partial charge < -0.3 is 5.32 Å². The number of benzene rings is 1. The van der Waals surface area contributed by atoms with E-state index in [1.807, 2.05) is 0 Å². The van der Waals surface area contributed by atoms with Gasteiger partial charge in [-0.05, 0) is 36.4 Å². The summed E-state index contributed by atoms with van der Waals surface area (Å²) in [7, 11) is 0. The molecule has 0 saturated heterocycles. The molecule has 0 aliphatic carbocycles. The normalized spacial score (nSPS) is 11.8. The SMILES string of the molecule is Fc1ccc(Nc2cncc(-c3c(C(F)(F)F)nc4ccc(F)cn34)n2)cc1. The van der Waals surface area contributed by atoms with Crippen molar-refractivity contribution in [2.75, 3.05) is 5.32 Å². The Morgan fingerprint density at radius 3 is 2.29 bits per heavy atom.